The zero-order valence-electron chi connectivity index (χ0n) is 11.5. The Labute approximate surface area is 131 Å². The van der Waals surface area contributed by atoms with Crippen LogP contribution < -0.4 is 5.56 Å². The van der Waals surface area contributed by atoms with Crippen molar-refractivity contribution in [1.29, 1.82) is 0 Å². The van der Waals surface area contributed by atoms with Gasteiger partial charge < -0.3 is 9.47 Å². The van der Waals surface area contributed by atoms with Gasteiger partial charge in [-0.2, -0.15) is 0 Å². The zero-order valence-corrected chi connectivity index (χ0v) is 13.0. The average molecular weight is 347 g/mol. The molecular weight excluding hydrogens is 332 g/mol. The molecule has 0 fully saturated rings. The number of halogens is 1. The van der Waals surface area contributed by atoms with E-state index in [1.54, 1.807) is 12.3 Å². The number of carbonyl (C=O) groups excluding carboxylic acids is 1. The van der Waals surface area contributed by atoms with E-state index in [1.807, 2.05) is 17.0 Å². The van der Waals surface area contributed by atoms with Crippen LogP contribution in [0.4, 0.5) is 0 Å². The van der Waals surface area contributed by atoms with E-state index < -0.39 is 0 Å². The molecular formula is C16H15BrN2O2. The van der Waals surface area contributed by atoms with E-state index in [4.69, 9.17) is 0 Å². The maximum Gasteiger partial charge on any atom is 0.251 e. The van der Waals surface area contributed by atoms with Gasteiger partial charge in [-0.05, 0) is 39.5 Å². The number of hydrogen-bond acceptors (Lipinski definition) is 2. The molecule has 0 bridgehead atoms. The number of fused-ring (bicyclic) bond motifs is 1. The van der Waals surface area contributed by atoms with Gasteiger partial charge in [0, 0.05) is 29.8 Å². The van der Waals surface area contributed by atoms with E-state index in [2.05, 4.69) is 28.1 Å². The van der Waals surface area contributed by atoms with Crippen LogP contribution in [-0.2, 0) is 24.3 Å². The zero-order chi connectivity index (χ0) is 14.8. The smallest absolute Gasteiger partial charge is 0.251 e. The van der Waals surface area contributed by atoms with Gasteiger partial charge in [0.2, 0.25) is 5.91 Å². The van der Waals surface area contributed by atoms with Crippen molar-refractivity contribution in [2.24, 2.45) is 0 Å². The Hall–Kier alpha value is -1.88. The third-order valence-corrected chi connectivity index (χ3v) is 4.21. The van der Waals surface area contributed by atoms with Crippen LogP contribution in [0.2, 0.25) is 0 Å². The quantitative estimate of drug-likeness (QED) is 0.836. The number of nitrogens with zero attached hydrogens (tertiary/aromatic N) is 2. The molecule has 1 amide bonds. The first-order valence-corrected chi connectivity index (χ1v) is 7.63. The highest BCUT2D eigenvalue weighted by Crippen LogP contribution is 2.18. The molecule has 1 aromatic carbocycles. The third kappa shape index (κ3) is 3.08. The highest BCUT2D eigenvalue weighted by atomic mass is 79.9. The molecule has 4 nitrogen and oxygen atoms in total. The summed E-state index contributed by atoms with van der Waals surface area (Å²) in [6, 6.07) is 11.3. The van der Waals surface area contributed by atoms with Crippen molar-refractivity contribution in [3.05, 3.63) is 68.5 Å². The number of benzene rings is 1. The SMILES string of the molecule is O=C(Cn1cc(Br)ccc1=O)N1CCc2ccccc2C1. The number of pyridine rings is 1. The molecule has 0 atom stereocenters. The van der Waals surface area contributed by atoms with Crippen LogP contribution in [0, 0.1) is 0 Å². The summed E-state index contributed by atoms with van der Waals surface area (Å²) in [5.41, 5.74) is 2.34. The topological polar surface area (TPSA) is 42.3 Å². The first-order valence-electron chi connectivity index (χ1n) is 6.84. The number of aromatic nitrogens is 1. The van der Waals surface area contributed by atoms with Crippen molar-refractivity contribution in [1.82, 2.24) is 9.47 Å². The molecule has 21 heavy (non-hydrogen) atoms. The molecule has 0 saturated carbocycles. The summed E-state index contributed by atoms with van der Waals surface area (Å²) in [5, 5.41) is 0. The molecule has 0 spiro atoms. The van der Waals surface area contributed by atoms with Gasteiger partial charge in [-0.15, -0.1) is 0 Å². The normalized spacial score (nSPS) is 13.9. The summed E-state index contributed by atoms with van der Waals surface area (Å²) in [6.45, 7) is 1.41. The van der Waals surface area contributed by atoms with E-state index in [0.29, 0.717) is 13.1 Å². The van der Waals surface area contributed by atoms with Gasteiger partial charge in [-0.25, -0.2) is 0 Å². The number of rotatable bonds is 2. The molecule has 0 radical (unpaired) electrons. The summed E-state index contributed by atoms with van der Waals surface area (Å²) >= 11 is 3.32. The van der Waals surface area contributed by atoms with Crippen LogP contribution in [-0.4, -0.2) is 21.9 Å². The fourth-order valence-corrected chi connectivity index (χ4v) is 2.96. The molecule has 5 heteroatoms. The van der Waals surface area contributed by atoms with Crippen LogP contribution in [0.25, 0.3) is 0 Å². The first kappa shape index (κ1) is 14.1. The monoisotopic (exact) mass is 346 g/mol. The number of amides is 1. The van der Waals surface area contributed by atoms with Crippen LogP contribution >= 0.6 is 15.9 Å². The molecule has 2 aromatic rings. The lowest BCUT2D eigenvalue weighted by molar-refractivity contribution is -0.132. The minimum absolute atomic E-state index is 0.0234. The third-order valence-electron chi connectivity index (χ3n) is 3.74. The van der Waals surface area contributed by atoms with Gasteiger partial charge in [0.1, 0.15) is 6.54 Å². The highest BCUT2D eigenvalue weighted by Gasteiger charge is 2.20. The van der Waals surface area contributed by atoms with E-state index in [0.717, 1.165) is 10.9 Å². The van der Waals surface area contributed by atoms with Crippen molar-refractivity contribution >= 4 is 21.8 Å². The summed E-state index contributed by atoms with van der Waals surface area (Å²) in [6.07, 6.45) is 2.52. The first-order chi connectivity index (χ1) is 10.1. The van der Waals surface area contributed by atoms with Crippen LogP contribution in [0.3, 0.4) is 0 Å². The average Bonchev–Trinajstić information content (AvgIpc) is 2.50. The Kier molecular flexibility index (Phi) is 3.92. The van der Waals surface area contributed by atoms with Crippen LogP contribution in [0.1, 0.15) is 11.1 Å². The van der Waals surface area contributed by atoms with E-state index in [-0.39, 0.29) is 18.0 Å². The predicted molar refractivity (Wildman–Crippen MR) is 84.0 cm³/mol. The summed E-state index contributed by atoms with van der Waals surface area (Å²) < 4.78 is 2.23. The lowest BCUT2D eigenvalue weighted by atomic mass is 10.00. The fourth-order valence-electron chi connectivity index (χ4n) is 2.58. The minimum Gasteiger partial charge on any atom is -0.336 e. The highest BCUT2D eigenvalue weighted by molar-refractivity contribution is 9.10. The Morgan fingerprint density at radius 3 is 2.71 bits per heavy atom. The molecule has 0 unspecified atom stereocenters. The minimum atomic E-state index is -0.163. The van der Waals surface area contributed by atoms with Crippen LogP contribution in [0.5, 0.6) is 0 Å². The van der Waals surface area contributed by atoms with Gasteiger partial charge in [0.15, 0.2) is 0 Å². The molecule has 1 aromatic heterocycles. The Balaban J connectivity index is 1.75. The van der Waals surface area contributed by atoms with Crippen molar-refractivity contribution in [2.45, 2.75) is 19.5 Å². The van der Waals surface area contributed by atoms with Crippen molar-refractivity contribution in [2.75, 3.05) is 6.54 Å². The van der Waals surface area contributed by atoms with Gasteiger partial charge in [0.25, 0.3) is 5.56 Å². The number of carbonyl (C=O) groups is 1. The van der Waals surface area contributed by atoms with Crippen molar-refractivity contribution < 1.29 is 4.79 Å². The van der Waals surface area contributed by atoms with E-state index >= 15 is 0 Å². The predicted octanol–water partition coefficient (Wildman–Crippen LogP) is 2.20. The summed E-state index contributed by atoms with van der Waals surface area (Å²) in [7, 11) is 0. The number of hydrogen-bond donors (Lipinski definition) is 0. The summed E-state index contributed by atoms with van der Waals surface area (Å²) in [5.74, 6) is -0.0234. The van der Waals surface area contributed by atoms with Gasteiger partial charge >= 0.3 is 0 Å². The molecule has 0 saturated heterocycles. The molecule has 0 aliphatic carbocycles. The second-order valence-electron chi connectivity index (χ2n) is 5.15. The lowest BCUT2D eigenvalue weighted by Gasteiger charge is -2.29. The molecule has 2 heterocycles. The molecule has 108 valence electrons. The van der Waals surface area contributed by atoms with Crippen LogP contribution in [0.15, 0.2) is 51.9 Å². The Bertz CT molecular complexity index is 739. The van der Waals surface area contributed by atoms with Crippen molar-refractivity contribution in [3.8, 4) is 0 Å². The Morgan fingerprint density at radius 2 is 1.90 bits per heavy atom. The molecule has 1 aliphatic rings. The molecule has 3 rings (SSSR count). The van der Waals surface area contributed by atoms with Gasteiger partial charge in [0.05, 0.1) is 0 Å². The lowest BCUT2D eigenvalue weighted by Crippen LogP contribution is -2.39. The van der Waals surface area contributed by atoms with Gasteiger partial charge in [-0.1, -0.05) is 24.3 Å². The fraction of sp³-hybridized carbons (Fsp3) is 0.250. The maximum absolute atomic E-state index is 12.4. The second-order valence-corrected chi connectivity index (χ2v) is 6.06. The van der Waals surface area contributed by atoms with Crippen molar-refractivity contribution in [3.63, 3.8) is 0 Å². The molecule has 1 aliphatic heterocycles. The summed E-state index contributed by atoms with van der Waals surface area (Å²) in [4.78, 5) is 26.0. The second kappa shape index (κ2) is 5.85. The maximum atomic E-state index is 12.4. The Morgan fingerprint density at radius 1 is 1.14 bits per heavy atom. The van der Waals surface area contributed by atoms with E-state index in [9.17, 15) is 9.59 Å². The standard InChI is InChI=1S/C16H15BrN2O2/c17-14-5-6-15(20)19(10-14)11-16(21)18-8-7-12-3-1-2-4-13(12)9-18/h1-6,10H,7-9,11H2. The molecule has 0 N–H and O–H groups in total. The van der Waals surface area contributed by atoms with Gasteiger partial charge in [-0.3, -0.25) is 9.59 Å². The largest absolute Gasteiger partial charge is 0.336 e. The van der Waals surface area contributed by atoms with E-state index in [1.165, 1.54) is 21.8 Å².